The van der Waals surface area contributed by atoms with Gasteiger partial charge >= 0.3 is 0 Å². The molecule has 2 aliphatic rings. The Kier molecular flexibility index (Phi) is 3.91. The first-order chi connectivity index (χ1) is 10.9. The fourth-order valence-electron chi connectivity index (χ4n) is 3.98. The predicted octanol–water partition coefficient (Wildman–Crippen LogP) is 3.63. The highest BCUT2D eigenvalue weighted by Crippen LogP contribution is 2.71. The summed E-state index contributed by atoms with van der Waals surface area (Å²) >= 11 is 6.19. The smallest absolute Gasteiger partial charge is 0.241 e. The molecule has 1 heterocycles. The van der Waals surface area contributed by atoms with E-state index in [0.29, 0.717) is 11.4 Å². The van der Waals surface area contributed by atoms with E-state index < -0.39 is 10.8 Å². The van der Waals surface area contributed by atoms with Crippen molar-refractivity contribution in [2.24, 2.45) is 5.41 Å². The molecule has 124 valence electrons. The number of benzene rings is 1. The second-order valence-electron chi connectivity index (χ2n) is 7.04. The Morgan fingerprint density at radius 1 is 1.43 bits per heavy atom. The zero-order valence-electron chi connectivity index (χ0n) is 13.8. The molecule has 1 aromatic carbocycles. The van der Waals surface area contributed by atoms with Crippen LogP contribution in [0.2, 0.25) is 5.02 Å². The van der Waals surface area contributed by atoms with Gasteiger partial charge in [0.1, 0.15) is 5.41 Å². The molecule has 2 atom stereocenters. The van der Waals surface area contributed by atoms with E-state index in [1.54, 1.807) is 6.07 Å². The van der Waals surface area contributed by atoms with Crippen molar-refractivity contribution in [3.8, 4) is 0 Å². The minimum absolute atomic E-state index is 0.00917. The number of fused-ring (bicyclic) bond motifs is 3. The van der Waals surface area contributed by atoms with Crippen LogP contribution in [0.3, 0.4) is 0 Å². The van der Waals surface area contributed by atoms with Crippen LogP contribution in [0.5, 0.6) is 0 Å². The molecule has 0 saturated heterocycles. The molecule has 0 aromatic heterocycles. The summed E-state index contributed by atoms with van der Waals surface area (Å²) in [6.07, 6.45) is 3.41. The lowest BCUT2D eigenvalue weighted by Crippen LogP contribution is -2.49. The molecule has 1 fully saturated rings. The van der Waals surface area contributed by atoms with Crippen molar-refractivity contribution in [1.29, 1.82) is 0 Å². The summed E-state index contributed by atoms with van der Waals surface area (Å²) in [6, 6.07) is 5.54. The summed E-state index contributed by atoms with van der Waals surface area (Å²) < 4.78 is 0. The molecule has 2 N–H and O–H groups in total. The van der Waals surface area contributed by atoms with Gasteiger partial charge in [0.25, 0.3) is 0 Å². The number of nitrogens with one attached hydrogen (secondary N) is 2. The van der Waals surface area contributed by atoms with Crippen molar-refractivity contribution >= 4 is 29.1 Å². The maximum atomic E-state index is 12.8. The SMILES string of the molecule is CCCCC12CC1(C(=O)NC(C)C)C(=O)Nc1ccc(Cl)cc12. The standard InChI is InChI=1S/C18H23ClN2O2/c1-4-5-8-17-10-18(17,15(22)20-11(2)3)16(23)21-14-7-6-12(19)9-13(14)17/h6-7,9,11H,4-5,8,10H2,1-3H3,(H,20,22)(H,21,23). The highest BCUT2D eigenvalue weighted by Gasteiger charge is 2.78. The lowest BCUT2D eigenvalue weighted by atomic mass is 9.77. The molecule has 3 rings (SSSR count). The van der Waals surface area contributed by atoms with Crippen molar-refractivity contribution in [2.45, 2.75) is 57.9 Å². The minimum atomic E-state index is -0.982. The summed E-state index contributed by atoms with van der Waals surface area (Å²) in [5, 5.41) is 6.49. The van der Waals surface area contributed by atoms with E-state index in [1.165, 1.54) is 0 Å². The van der Waals surface area contributed by atoms with Crippen molar-refractivity contribution in [3.05, 3.63) is 28.8 Å². The van der Waals surface area contributed by atoms with Crippen molar-refractivity contribution in [3.63, 3.8) is 0 Å². The molecule has 5 heteroatoms. The Morgan fingerprint density at radius 2 is 2.17 bits per heavy atom. The average molecular weight is 335 g/mol. The quantitative estimate of drug-likeness (QED) is 0.808. The lowest BCUT2D eigenvalue weighted by Gasteiger charge is -2.32. The minimum Gasteiger partial charge on any atom is -0.353 e. The normalized spacial score (nSPS) is 28.0. The number of carbonyl (C=O) groups excluding carboxylic acids is 2. The summed E-state index contributed by atoms with van der Waals surface area (Å²) in [5.41, 5.74) is 0.409. The monoisotopic (exact) mass is 334 g/mol. The molecule has 1 aliphatic carbocycles. The van der Waals surface area contributed by atoms with Crippen LogP contribution in [-0.2, 0) is 15.0 Å². The maximum absolute atomic E-state index is 12.8. The van der Waals surface area contributed by atoms with Crippen molar-refractivity contribution < 1.29 is 9.59 Å². The number of hydrogen-bond acceptors (Lipinski definition) is 2. The molecule has 0 radical (unpaired) electrons. The number of unbranched alkanes of at least 4 members (excludes halogenated alkanes) is 1. The van der Waals surface area contributed by atoms with Gasteiger partial charge in [-0.1, -0.05) is 31.4 Å². The van der Waals surface area contributed by atoms with Gasteiger partial charge in [-0.25, -0.2) is 0 Å². The summed E-state index contributed by atoms with van der Waals surface area (Å²) in [7, 11) is 0. The van der Waals surface area contributed by atoms with Gasteiger partial charge < -0.3 is 10.6 Å². The van der Waals surface area contributed by atoms with Crippen LogP contribution in [0.15, 0.2) is 18.2 Å². The molecule has 1 saturated carbocycles. The molecular weight excluding hydrogens is 312 g/mol. The number of hydrogen-bond donors (Lipinski definition) is 2. The predicted molar refractivity (Wildman–Crippen MR) is 91.6 cm³/mol. The van der Waals surface area contributed by atoms with Crippen LogP contribution in [-0.4, -0.2) is 17.9 Å². The van der Waals surface area contributed by atoms with Crippen LogP contribution in [0, 0.1) is 5.41 Å². The first kappa shape index (κ1) is 16.3. The topological polar surface area (TPSA) is 58.2 Å². The summed E-state index contributed by atoms with van der Waals surface area (Å²) in [5.74, 6) is -0.340. The van der Waals surface area contributed by atoms with Crippen molar-refractivity contribution in [1.82, 2.24) is 5.32 Å². The first-order valence-electron chi connectivity index (χ1n) is 8.30. The number of rotatable bonds is 5. The summed E-state index contributed by atoms with van der Waals surface area (Å²) in [4.78, 5) is 25.6. The van der Waals surface area contributed by atoms with E-state index in [-0.39, 0.29) is 17.9 Å². The highest BCUT2D eigenvalue weighted by molar-refractivity contribution is 6.31. The molecule has 1 aliphatic heterocycles. The average Bonchev–Trinajstić information content (AvgIpc) is 3.18. The van der Waals surface area contributed by atoms with E-state index in [2.05, 4.69) is 17.6 Å². The van der Waals surface area contributed by atoms with Gasteiger partial charge in [-0.05, 0) is 50.5 Å². The zero-order valence-corrected chi connectivity index (χ0v) is 14.6. The Hall–Kier alpha value is -1.55. The van der Waals surface area contributed by atoms with Crippen LogP contribution in [0.4, 0.5) is 5.69 Å². The lowest BCUT2D eigenvalue weighted by molar-refractivity contribution is -0.136. The Morgan fingerprint density at radius 3 is 2.83 bits per heavy atom. The number of halogens is 1. The molecular formula is C18H23ClN2O2. The zero-order chi connectivity index (χ0) is 16.8. The molecule has 2 amide bonds. The van der Waals surface area contributed by atoms with E-state index >= 15 is 0 Å². The highest BCUT2D eigenvalue weighted by atomic mass is 35.5. The van der Waals surface area contributed by atoms with E-state index in [0.717, 1.165) is 30.5 Å². The number of carbonyl (C=O) groups is 2. The van der Waals surface area contributed by atoms with Gasteiger partial charge in [0, 0.05) is 22.2 Å². The fourth-order valence-corrected chi connectivity index (χ4v) is 4.15. The van der Waals surface area contributed by atoms with Gasteiger partial charge in [-0.2, -0.15) is 0 Å². The van der Waals surface area contributed by atoms with Gasteiger partial charge in [-0.3, -0.25) is 9.59 Å². The third-order valence-electron chi connectivity index (χ3n) is 5.16. The Balaban J connectivity index is 2.08. The molecule has 0 bridgehead atoms. The van der Waals surface area contributed by atoms with Crippen LogP contribution in [0.25, 0.3) is 0 Å². The van der Waals surface area contributed by atoms with E-state index in [4.69, 9.17) is 11.6 Å². The first-order valence-corrected chi connectivity index (χ1v) is 8.67. The number of anilines is 1. The fraction of sp³-hybridized carbons (Fsp3) is 0.556. The van der Waals surface area contributed by atoms with E-state index in [9.17, 15) is 9.59 Å². The van der Waals surface area contributed by atoms with Crippen LogP contribution in [0.1, 0.15) is 52.0 Å². The molecule has 2 unspecified atom stereocenters. The van der Waals surface area contributed by atoms with Gasteiger partial charge in [0.15, 0.2) is 0 Å². The second kappa shape index (κ2) is 5.52. The molecule has 4 nitrogen and oxygen atoms in total. The third-order valence-corrected chi connectivity index (χ3v) is 5.39. The van der Waals surface area contributed by atoms with Crippen molar-refractivity contribution in [2.75, 3.05) is 5.32 Å². The van der Waals surface area contributed by atoms with Gasteiger partial charge in [0.2, 0.25) is 11.8 Å². The molecule has 0 spiro atoms. The second-order valence-corrected chi connectivity index (χ2v) is 7.48. The third kappa shape index (κ3) is 2.26. The van der Waals surface area contributed by atoms with Gasteiger partial charge in [-0.15, -0.1) is 0 Å². The van der Waals surface area contributed by atoms with Gasteiger partial charge in [0.05, 0.1) is 0 Å². The molecule has 23 heavy (non-hydrogen) atoms. The number of amides is 2. The Labute approximate surface area is 142 Å². The summed E-state index contributed by atoms with van der Waals surface area (Å²) in [6.45, 7) is 5.95. The maximum Gasteiger partial charge on any atom is 0.241 e. The van der Waals surface area contributed by atoms with Crippen LogP contribution >= 0.6 is 11.6 Å². The largest absolute Gasteiger partial charge is 0.353 e. The van der Waals surface area contributed by atoms with Crippen LogP contribution < -0.4 is 10.6 Å². The molecule has 1 aromatic rings. The van der Waals surface area contributed by atoms with E-state index in [1.807, 2.05) is 26.0 Å². The Bertz CT molecular complexity index is 673.